The number of esters is 1. The van der Waals surface area contributed by atoms with Crippen LogP contribution in [-0.4, -0.2) is 43.9 Å². The molecule has 4 nitrogen and oxygen atoms in total. The van der Waals surface area contributed by atoms with E-state index in [1.807, 2.05) is 0 Å². The molecular weight excluding hydrogens is 324 g/mol. The molecule has 0 saturated carbocycles. The van der Waals surface area contributed by atoms with Crippen LogP contribution in [0.15, 0.2) is 24.8 Å². The van der Waals surface area contributed by atoms with Gasteiger partial charge in [0.1, 0.15) is 9.76 Å². The molecule has 0 rings (SSSR count). The number of hydrogen-bond donors (Lipinski definition) is 0. The highest BCUT2D eigenvalue weighted by Gasteiger charge is 2.20. The summed E-state index contributed by atoms with van der Waals surface area (Å²) in [7, 11) is -1.93. The van der Waals surface area contributed by atoms with Gasteiger partial charge in [0.25, 0.3) is 0 Å². The Balaban J connectivity index is 3.52. The van der Waals surface area contributed by atoms with Crippen molar-refractivity contribution in [1.82, 2.24) is 0 Å². The maximum Gasteiger partial charge on any atom is 0.333 e. The Morgan fingerprint density at radius 3 is 2.52 bits per heavy atom. The molecule has 0 saturated heterocycles. The lowest BCUT2D eigenvalue weighted by Crippen LogP contribution is -2.31. The molecule has 0 N–H and O–H groups in total. The lowest BCUT2D eigenvalue weighted by molar-refractivity contribution is -0.139. The summed E-state index contributed by atoms with van der Waals surface area (Å²) in [6.45, 7) is 15.4. The molecular formula is C17H34O4Si2. The van der Waals surface area contributed by atoms with Gasteiger partial charge in [-0.05, 0) is 44.9 Å². The van der Waals surface area contributed by atoms with Crippen molar-refractivity contribution >= 4 is 24.0 Å². The van der Waals surface area contributed by atoms with E-state index in [2.05, 4.69) is 26.3 Å². The van der Waals surface area contributed by atoms with Crippen LogP contribution in [-0.2, 0) is 18.4 Å². The van der Waals surface area contributed by atoms with Crippen molar-refractivity contribution in [2.24, 2.45) is 0 Å². The summed E-state index contributed by atoms with van der Waals surface area (Å²) in [5, 5.41) is 0. The van der Waals surface area contributed by atoms with Crippen molar-refractivity contribution in [2.45, 2.75) is 57.8 Å². The zero-order valence-electron chi connectivity index (χ0n) is 15.2. The first-order valence-corrected chi connectivity index (χ1v) is 13.2. The Hall–Kier alpha value is -0.696. The zero-order valence-corrected chi connectivity index (χ0v) is 17.6. The quantitative estimate of drug-likeness (QED) is 0.147. The number of carbonyl (C=O) groups is 1. The first kappa shape index (κ1) is 22.3. The Bertz CT molecular complexity index is 357. The summed E-state index contributed by atoms with van der Waals surface area (Å²) in [4.78, 5) is 11.2. The van der Waals surface area contributed by atoms with Crippen molar-refractivity contribution in [3.8, 4) is 0 Å². The fraction of sp³-hybridized carbons (Fsp3) is 0.706. The molecule has 0 atom stereocenters. The molecule has 0 spiro atoms. The lowest BCUT2D eigenvalue weighted by Gasteiger charge is -2.23. The standard InChI is InChI=1S/C17H34O4Si2/c1-6-11-19-12-7-9-14-22-21-23(4,5)15-10-8-13-20-17(18)16(2)3/h6H,1-2,7-15,22H2,3-5H3. The SMILES string of the molecule is C=CCOCCCC[SiH2]O[Si](C)(C)CCCCOC(=O)C(=C)C. The molecule has 0 aromatic carbocycles. The van der Waals surface area contributed by atoms with Crippen LogP contribution in [0.4, 0.5) is 0 Å². The van der Waals surface area contributed by atoms with Crippen LogP contribution < -0.4 is 0 Å². The highest BCUT2D eigenvalue weighted by Crippen LogP contribution is 2.15. The molecule has 0 aromatic heterocycles. The van der Waals surface area contributed by atoms with Gasteiger partial charge in [0.2, 0.25) is 0 Å². The summed E-state index contributed by atoms with van der Waals surface area (Å²) in [6, 6.07) is 2.36. The van der Waals surface area contributed by atoms with E-state index in [4.69, 9.17) is 13.6 Å². The molecule has 23 heavy (non-hydrogen) atoms. The molecule has 0 unspecified atom stereocenters. The predicted octanol–water partition coefficient (Wildman–Crippen LogP) is 3.59. The second kappa shape index (κ2) is 13.7. The third-order valence-electron chi connectivity index (χ3n) is 3.42. The van der Waals surface area contributed by atoms with Gasteiger partial charge in [-0.15, -0.1) is 6.58 Å². The van der Waals surface area contributed by atoms with Crippen molar-refractivity contribution in [3.63, 3.8) is 0 Å². The average molecular weight is 359 g/mol. The molecule has 6 heteroatoms. The van der Waals surface area contributed by atoms with Crippen LogP contribution >= 0.6 is 0 Å². The monoisotopic (exact) mass is 358 g/mol. The maximum atomic E-state index is 11.2. The highest BCUT2D eigenvalue weighted by atomic mass is 28.4. The van der Waals surface area contributed by atoms with Crippen molar-refractivity contribution in [1.29, 1.82) is 0 Å². The second-order valence-electron chi connectivity index (χ2n) is 6.41. The van der Waals surface area contributed by atoms with Crippen LogP contribution in [0.5, 0.6) is 0 Å². The van der Waals surface area contributed by atoms with Gasteiger partial charge in [-0.3, -0.25) is 0 Å². The van der Waals surface area contributed by atoms with E-state index in [9.17, 15) is 4.79 Å². The van der Waals surface area contributed by atoms with Gasteiger partial charge in [-0.2, -0.15) is 0 Å². The van der Waals surface area contributed by atoms with E-state index in [1.54, 1.807) is 13.0 Å². The minimum atomic E-state index is -1.52. The van der Waals surface area contributed by atoms with Gasteiger partial charge >= 0.3 is 5.97 Å². The molecule has 134 valence electrons. The van der Waals surface area contributed by atoms with Crippen LogP contribution in [0.3, 0.4) is 0 Å². The van der Waals surface area contributed by atoms with Crippen molar-refractivity contribution < 1.29 is 18.4 Å². The zero-order chi connectivity index (χ0) is 17.6. The van der Waals surface area contributed by atoms with E-state index >= 15 is 0 Å². The smallest absolute Gasteiger partial charge is 0.333 e. The van der Waals surface area contributed by atoms with Crippen LogP contribution in [0.1, 0.15) is 32.6 Å². The second-order valence-corrected chi connectivity index (χ2v) is 12.7. The molecule has 0 radical (unpaired) electrons. The summed E-state index contributed by atoms with van der Waals surface area (Å²) < 4.78 is 16.7. The summed E-state index contributed by atoms with van der Waals surface area (Å²) >= 11 is 0. The summed E-state index contributed by atoms with van der Waals surface area (Å²) in [6.07, 6.45) is 6.06. The molecule has 0 aliphatic carbocycles. The van der Waals surface area contributed by atoms with Gasteiger partial charge in [0.15, 0.2) is 8.32 Å². The number of ether oxygens (including phenoxy) is 2. The first-order valence-electron chi connectivity index (χ1n) is 8.54. The Morgan fingerprint density at radius 2 is 1.87 bits per heavy atom. The molecule has 0 bridgehead atoms. The fourth-order valence-electron chi connectivity index (χ4n) is 2.01. The number of hydrogen-bond acceptors (Lipinski definition) is 4. The van der Waals surface area contributed by atoms with E-state index in [-0.39, 0.29) is 5.97 Å². The van der Waals surface area contributed by atoms with Crippen molar-refractivity contribution in [2.75, 3.05) is 19.8 Å². The van der Waals surface area contributed by atoms with E-state index < -0.39 is 18.1 Å². The van der Waals surface area contributed by atoms with Crippen LogP contribution in [0.2, 0.25) is 25.2 Å². The Morgan fingerprint density at radius 1 is 1.17 bits per heavy atom. The minimum Gasteiger partial charge on any atom is -0.462 e. The molecule has 0 fully saturated rings. The van der Waals surface area contributed by atoms with Gasteiger partial charge in [0, 0.05) is 12.2 Å². The predicted molar refractivity (Wildman–Crippen MR) is 102 cm³/mol. The number of carbonyl (C=O) groups excluding carboxylic acids is 1. The average Bonchev–Trinajstić information content (AvgIpc) is 2.49. The van der Waals surface area contributed by atoms with E-state index in [0.717, 1.165) is 31.9 Å². The van der Waals surface area contributed by atoms with E-state index in [0.29, 0.717) is 18.8 Å². The number of unbranched alkanes of at least 4 members (excludes halogenated alkanes) is 2. The van der Waals surface area contributed by atoms with Crippen LogP contribution in [0.25, 0.3) is 0 Å². The minimum absolute atomic E-state index is 0.290. The largest absolute Gasteiger partial charge is 0.462 e. The van der Waals surface area contributed by atoms with Gasteiger partial charge in [-0.25, -0.2) is 4.79 Å². The van der Waals surface area contributed by atoms with Gasteiger partial charge in [0.05, 0.1) is 13.2 Å². The lowest BCUT2D eigenvalue weighted by atomic mass is 10.3. The third kappa shape index (κ3) is 14.6. The van der Waals surface area contributed by atoms with Gasteiger partial charge < -0.3 is 13.6 Å². The van der Waals surface area contributed by atoms with Gasteiger partial charge in [-0.1, -0.05) is 25.5 Å². The topological polar surface area (TPSA) is 44.8 Å². The normalized spacial score (nSPS) is 11.8. The first-order chi connectivity index (χ1) is 10.9. The molecule has 0 amide bonds. The molecule has 0 heterocycles. The Kier molecular flexibility index (Phi) is 13.3. The molecule has 0 aliphatic heterocycles. The van der Waals surface area contributed by atoms with Crippen molar-refractivity contribution in [3.05, 3.63) is 24.8 Å². The molecule has 0 aromatic rings. The third-order valence-corrected chi connectivity index (χ3v) is 9.71. The van der Waals surface area contributed by atoms with Crippen LogP contribution in [0, 0.1) is 0 Å². The molecule has 0 aliphatic rings. The fourth-order valence-corrected chi connectivity index (χ4v) is 7.04. The van der Waals surface area contributed by atoms with E-state index in [1.165, 1.54) is 12.5 Å². The summed E-state index contributed by atoms with van der Waals surface area (Å²) in [5.74, 6) is -0.290. The summed E-state index contributed by atoms with van der Waals surface area (Å²) in [5.41, 5.74) is 0.462. The number of rotatable bonds is 15. The Labute approximate surface area is 145 Å². The maximum absolute atomic E-state index is 11.2. The highest BCUT2D eigenvalue weighted by molar-refractivity contribution is 6.75.